The van der Waals surface area contributed by atoms with Crippen molar-refractivity contribution in [3.05, 3.63) is 0 Å². The summed E-state index contributed by atoms with van der Waals surface area (Å²) in [5, 5.41) is 0. The Balaban J connectivity index is 2.55. The molecular weight excluding hydrogens is 242 g/mol. The quantitative estimate of drug-likeness (QED) is 0.690. The molecule has 0 radical (unpaired) electrons. The van der Waals surface area contributed by atoms with E-state index in [-0.39, 0.29) is 24.2 Å². The molecule has 100 valence electrons. The van der Waals surface area contributed by atoms with Crippen molar-refractivity contribution in [2.75, 3.05) is 26.0 Å². The van der Waals surface area contributed by atoms with Gasteiger partial charge in [-0.1, -0.05) is 13.8 Å². The highest BCUT2D eigenvalue weighted by molar-refractivity contribution is 7.89. The molecule has 0 aromatic rings. The van der Waals surface area contributed by atoms with Crippen molar-refractivity contribution in [2.24, 2.45) is 11.8 Å². The average Bonchev–Trinajstić information content (AvgIpc) is 2.75. The van der Waals surface area contributed by atoms with Crippen molar-refractivity contribution in [2.45, 2.75) is 26.7 Å². The predicted octanol–water partition coefficient (Wildman–Crippen LogP) is 0.857. The van der Waals surface area contributed by atoms with Gasteiger partial charge in [-0.25, -0.2) is 12.7 Å². The minimum Gasteiger partial charge on any atom is -0.469 e. The lowest BCUT2D eigenvalue weighted by Gasteiger charge is -2.16. The Hall–Kier alpha value is -0.620. The third-order valence-electron chi connectivity index (χ3n) is 3.03. The van der Waals surface area contributed by atoms with Crippen LogP contribution in [-0.4, -0.2) is 44.6 Å². The molecule has 1 saturated heterocycles. The highest BCUT2D eigenvalue weighted by atomic mass is 32.2. The van der Waals surface area contributed by atoms with Gasteiger partial charge in [-0.05, 0) is 18.8 Å². The summed E-state index contributed by atoms with van der Waals surface area (Å²) < 4.78 is 30.0. The van der Waals surface area contributed by atoms with E-state index in [1.54, 1.807) is 0 Å². The molecule has 1 heterocycles. The number of hydrogen-bond donors (Lipinski definition) is 0. The fraction of sp³-hybridized carbons (Fsp3) is 0.909. The van der Waals surface area contributed by atoms with E-state index < -0.39 is 10.0 Å². The summed E-state index contributed by atoms with van der Waals surface area (Å²) in [6.45, 7) is 4.70. The van der Waals surface area contributed by atoms with Crippen molar-refractivity contribution in [1.29, 1.82) is 0 Å². The summed E-state index contributed by atoms with van der Waals surface area (Å²) in [6.07, 6.45) is 1.22. The van der Waals surface area contributed by atoms with E-state index >= 15 is 0 Å². The van der Waals surface area contributed by atoms with Gasteiger partial charge in [0.2, 0.25) is 10.0 Å². The Morgan fingerprint density at radius 1 is 1.47 bits per heavy atom. The van der Waals surface area contributed by atoms with Gasteiger partial charge in [0.15, 0.2) is 0 Å². The van der Waals surface area contributed by atoms with Gasteiger partial charge in [-0.3, -0.25) is 4.79 Å². The number of nitrogens with zero attached hydrogens (tertiary/aromatic N) is 1. The summed E-state index contributed by atoms with van der Waals surface area (Å²) in [4.78, 5) is 11.3. The number of carbonyl (C=O) groups is 1. The lowest BCUT2D eigenvalue weighted by Crippen LogP contribution is -2.32. The number of esters is 1. The molecule has 0 spiro atoms. The van der Waals surface area contributed by atoms with Crippen molar-refractivity contribution in [1.82, 2.24) is 4.31 Å². The number of hydrogen-bond acceptors (Lipinski definition) is 4. The summed E-state index contributed by atoms with van der Waals surface area (Å²) in [5.74, 6) is -0.0809. The van der Waals surface area contributed by atoms with Crippen molar-refractivity contribution >= 4 is 16.0 Å². The summed E-state index contributed by atoms with van der Waals surface area (Å²) >= 11 is 0. The molecule has 17 heavy (non-hydrogen) atoms. The smallest absolute Gasteiger partial charge is 0.310 e. The highest BCUT2D eigenvalue weighted by Crippen LogP contribution is 2.21. The highest BCUT2D eigenvalue weighted by Gasteiger charge is 2.35. The number of rotatable bonds is 5. The fourth-order valence-electron chi connectivity index (χ4n) is 1.85. The van der Waals surface area contributed by atoms with Crippen LogP contribution >= 0.6 is 0 Å². The molecule has 1 aliphatic heterocycles. The maximum absolute atomic E-state index is 12.0. The van der Waals surface area contributed by atoms with E-state index in [0.29, 0.717) is 25.3 Å². The van der Waals surface area contributed by atoms with Crippen LogP contribution in [0.3, 0.4) is 0 Å². The van der Waals surface area contributed by atoms with Crippen LogP contribution in [0, 0.1) is 11.8 Å². The molecule has 0 aliphatic carbocycles. The van der Waals surface area contributed by atoms with E-state index in [4.69, 9.17) is 0 Å². The van der Waals surface area contributed by atoms with Gasteiger partial charge in [0.1, 0.15) is 0 Å². The van der Waals surface area contributed by atoms with Crippen LogP contribution in [-0.2, 0) is 19.6 Å². The first-order valence-corrected chi connectivity index (χ1v) is 7.53. The Morgan fingerprint density at radius 3 is 2.65 bits per heavy atom. The van der Waals surface area contributed by atoms with Gasteiger partial charge in [-0.2, -0.15) is 0 Å². The van der Waals surface area contributed by atoms with Crippen molar-refractivity contribution < 1.29 is 17.9 Å². The first-order valence-electron chi connectivity index (χ1n) is 5.92. The lowest BCUT2D eigenvalue weighted by molar-refractivity contribution is -0.144. The van der Waals surface area contributed by atoms with Gasteiger partial charge in [0.05, 0.1) is 18.8 Å². The second-order valence-electron chi connectivity index (χ2n) is 4.87. The SMILES string of the molecule is COC(=O)C1CCN(S(=O)(=O)CCC(C)C)C1. The molecule has 0 aromatic carbocycles. The molecule has 1 rings (SSSR count). The monoisotopic (exact) mass is 263 g/mol. The van der Waals surface area contributed by atoms with Crippen LogP contribution in [0.2, 0.25) is 0 Å². The van der Waals surface area contributed by atoms with Gasteiger partial charge >= 0.3 is 5.97 Å². The molecule has 1 unspecified atom stereocenters. The largest absolute Gasteiger partial charge is 0.469 e. The second-order valence-corrected chi connectivity index (χ2v) is 6.95. The van der Waals surface area contributed by atoms with E-state index in [0.717, 1.165) is 0 Å². The molecule has 1 fully saturated rings. The number of carbonyl (C=O) groups excluding carboxylic acids is 1. The Morgan fingerprint density at radius 2 is 2.12 bits per heavy atom. The summed E-state index contributed by atoms with van der Waals surface area (Å²) in [6, 6.07) is 0. The van der Waals surface area contributed by atoms with Gasteiger partial charge in [0.25, 0.3) is 0 Å². The Bertz CT molecular complexity index is 364. The zero-order chi connectivity index (χ0) is 13.1. The minimum atomic E-state index is -3.20. The molecule has 1 aliphatic rings. The minimum absolute atomic E-state index is 0.165. The second kappa shape index (κ2) is 5.82. The zero-order valence-electron chi connectivity index (χ0n) is 10.7. The maximum atomic E-state index is 12.0. The molecule has 5 nitrogen and oxygen atoms in total. The third kappa shape index (κ3) is 3.96. The fourth-order valence-corrected chi connectivity index (χ4v) is 3.67. The van der Waals surface area contributed by atoms with Crippen LogP contribution in [0.25, 0.3) is 0 Å². The Kier molecular flexibility index (Phi) is 4.94. The zero-order valence-corrected chi connectivity index (χ0v) is 11.5. The predicted molar refractivity (Wildman–Crippen MR) is 64.9 cm³/mol. The van der Waals surface area contributed by atoms with Gasteiger partial charge in [0, 0.05) is 13.1 Å². The van der Waals surface area contributed by atoms with Gasteiger partial charge in [-0.15, -0.1) is 0 Å². The van der Waals surface area contributed by atoms with Gasteiger partial charge < -0.3 is 4.74 Å². The molecular formula is C11H21NO4S. The molecule has 0 saturated carbocycles. The van der Waals surface area contributed by atoms with Crippen LogP contribution in [0.15, 0.2) is 0 Å². The lowest BCUT2D eigenvalue weighted by atomic mass is 10.1. The van der Waals surface area contributed by atoms with Crippen molar-refractivity contribution in [3.63, 3.8) is 0 Å². The number of methoxy groups -OCH3 is 1. The molecule has 0 amide bonds. The maximum Gasteiger partial charge on any atom is 0.310 e. The van der Waals surface area contributed by atoms with E-state index in [1.165, 1.54) is 11.4 Å². The average molecular weight is 263 g/mol. The van der Waals surface area contributed by atoms with E-state index in [2.05, 4.69) is 4.74 Å². The first-order chi connectivity index (χ1) is 7.86. The van der Waals surface area contributed by atoms with Crippen LogP contribution < -0.4 is 0 Å². The third-order valence-corrected chi connectivity index (χ3v) is 4.90. The van der Waals surface area contributed by atoms with Crippen molar-refractivity contribution in [3.8, 4) is 0 Å². The van der Waals surface area contributed by atoms with Crippen LogP contribution in [0.1, 0.15) is 26.7 Å². The molecule has 6 heteroatoms. The summed E-state index contributed by atoms with van der Waals surface area (Å²) in [7, 11) is -1.87. The molecule has 0 aromatic heterocycles. The molecule has 0 bridgehead atoms. The topological polar surface area (TPSA) is 63.7 Å². The van der Waals surface area contributed by atoms with E-state index in [9.17, 15) is 13.2 Å². The summed E-state index contributed by atoms with van der Waals surface area (Å²) in [5.41, 5.74) is 0. The van der Waals surface area contributed by atoms with Crippen LogP contribution in [0.4, 0.5) is 0 Å². The normalized spacial score (nSPS) is 22.0. The standard InChI is InChI=1S/C11H21NO4S/c1-9(2)5-7-17(14,15)12-6-4-10(8-12)11(13)16-3/h9-10H,4-8H2,1-3H3. The van der Waals surface area contributed by atoms with Crippen LogP contribution in [0.5, 0.6) is 0 Å². The van der Waals surface area contributed by atoms with E-state index in [1.807, 2.05) is 13.8 Å². The Labute approximate surface area is 103 Å². The molecule has 0 N–H and O–H groups in total. The number of sulfonamides is 1. The first kappa shape index (κ1) is 14.4. The number of ether oxygens (including phenoxy) is 1. The molecule has 1 atom stereocenters.